The molecule has 0 unspecified atom stereocenters. The first-order valence-electron chi connectivity index (χ1n) is 7.59. The third-order valence-electron chi connectivity index (χ3n) is 3.31. The number of thioether (sulfide) groups is 1. The molecule has 2 rings (SSSR count). The van der Waals surface area contributed by atoms with E-state index in [0.29, 0.717) is 11.8 Å². The predicted octanol–water partition coefficient (Wildman–Crippen LogP) is 1.31. The van der Waals surface area contributed by atoms with Crippen LogP contribution < -0.4 is 11.2 Å². The summed E-state index contributed by atoms with van der Waals surface area (Å²) in [4.78, 5) is 35.6. The Morgan fingerprint density at radius 2 is 1.66 bits per heavy atom. The normalized spacial score (nSPS) is 11.1. The van der Waals surface area contributed by atoms with E-state index in [9.17, 15) is 27.6 Å². The first-order chi connectivity index (χ1) is 13.6. The lowest BCUT2D eigenvalue weighted by atomic mass is 10.1. The minimum atomic E-state index is -4.79. The molecule has 0 aliphatic carbocycles. The first-order valence-corrected chi connectivity index (χ1v) is 8.57. The lowest BCUT2D eigenvalue weighted by molar-refractivity contribution is -0.146. The second-order valence-electron chi connectivity index (χ2n) is 5.29. The Hall–Kier alpha value is -3.29. The molecule has 1 amide bonds. The summed E-state index contributed by atoms with van der Waals surface area (Å²) >= 11 is 0.610. The van der Waals surface area contributed by atoms with Crippen LogP contribution in [0.1, 0.15) is 26.5 Å². The average Bonchev–Trinajstić information content (AvgIpc) is 3.05. The zero-order valence-corrected chi connectivity index (χ0v) is 15.8. The fraction of sp³-hybridized carbons (Fsp3) is 0.267. The van der Waals surface area contributed by atoms with Gasteiger partial charge in [-0.3, -0.25) is 4.79 Å². The Kier molecular flexibility index (Phi) is 6.68. The number of hydrogen-bond donors (Lipinski definition) is 2. The molecular formula is C15H14F3N5O5S. The maximum Gasteiger partial charge on any atom is 0.453 e. The van der Waals surface area contributed by atoms with Gasteiger partial charge in [-0.1, -0.05) is 11.8 Å². The highest BCUT2D eigenvalue weighted by atomic mass is 32.2. The summed E-state index contributed by atoms with van der Waals surface area (Å²) in [6, 6.07) is 3.74. The third kappa shape index (κ3) is 5.37. The zero-order chi connectivity index (χ0) is 21.8. The maximum absolute atomic E-state index is 12.6. The monoisotopic (exact) mass is 433 g/mol. The number of methoxy groups -OCH3 is 2. The van der Waals surface area contributed by atoms with Gasteiger partial charge in [0, 0.05) is 5.69 Å². The van der Waals surface area contributed by atoms with Crippen LogP contribution in [0, 0.1) is 0 Å². The summed E-state index contributed by atoms with van der Waals surface area (Å²) in [5, 5.41) is 8.31. The molecule has 0 saturated carbocycles. The van der Waals surface area contributed by atoms with Crippen LogP contribution in [0.25, 0.3) is 0 Å². The highest BCUT2D eigenvalue weighted by Gasteiger charge is 2.38. The maximum atomic E-state index is 12.6. The molecule has 0 radical (unpaired) electrons. The molecule has 2 aromatic rings. The van der Waals surface area contributed by atoms with E-state index in [4.69, 9.17) is 5.84 Å². The number of amides is 1. The molecule has 1 aromatic carbocycles. The van der Waals surface area contributed by atoms with Crippen molar-refractivity contribution >= 4 is 35.3 Å². The summed E-state index contributed by atoms with van der Waals surface area (Å²) in [5.41, 5.74) is 0.0360. The average molecular weight is 433 g/mol. The molecule has 10 nitrogen and oxygen atoms in total. The van der Waals surface area contributed by atoms with Gasteiger partial charge in [0.1, 0.15) is 0 Å². The molecule has 0 aliphatic rings. The third-order valence-corrected chi connectivity index (χ3v) is 4.25. The van der Waals surface area contributed by atoms with Gasteiger partial charge < -0.3 is 20.6 Å². The molecule has 0 aliphatic heterocycles. The summed E-state index contributed by atoms with van der Waals surface area (Å²) in [7, 11) is 2.28. The standard InChI is InChI=1S/C15H14F3N5O5S/c1-27-11(25)7-3-8(12(26)28-2)5-9(4-7)20-10(24)6-29-14-22-21-13(23(14)19)15(16,17)18/h3-5H,6,19H2,1-2H3,(H,20,24). The number of nitrogens with two attached hydrogens (primary N) is 1. The largest absolute Gasteiger partial charge is 0.465 e. The number of nitrogens with zero attached hydrogens (tertiary/aromatic N) is 3. The van der Waals surface area contributed by atoms with Crippen LogP contribution in [-0.2, 0) is 20.4 Å². The van der Waals surface area contributed by atoms with E-state index in [1.54, 1.807) is 0 Å². The molecule has 0 atom stereocenters. The van der Waals surface area contributed by atoms with Crippen molar-refractivity contribution in [1.29, 1.82) is 0 Å². The van der Waals surface area contributed by atoms with Gasteiger partial charge in [-0.25, -0.2) is 14.3 Å². The van der Waals surface area contributed by atoms with E-state index in [-0.39, 0.29) is 32.4 Å². The highest BCUT2D eigenvalue weighted by molar-refractivity contribution is 7.99. The SMILES string of the molecule is COC(=O)c1cc(NC(=O)CSc2nnc(C(F)(F)F)n2N)cc(C(=O)OC)c1. The van der Waals surface area contributed by atoms with Crippen molar-refractivity contribution in [3.8, 4) is 0 Å². The number of alkyl halides is 3. The number of anilines is 1. The number of nitrogen functional groups attached to an aromatic ring is 1. The van der Waals surface area contributed by atoms with Crippen LogP contribution in [-0.4, -0.2) is 52.7 Å². The number of hydrogen-bond acceptors (Lipinski definition) is 9. The quantitative estimate of drug-likeness (QED) is 0.392. The van der Waals surface area contributed by atoms with Gasteiger partial charge in [0.15, 0.2) is 0 Å². The van der Waals surface area contributed by atoms with E-state index in [1.807, 2.05) is 0 Å². The number of carbonyl (C=O) groups is 3. The van der Waals surface area contributed by atoms with Crippen molar-refractivity contribution in [2.45, 2.75) is 11.3 Å². The van der Waals surface area contributed by atoms with Crippen LogP contribution >= 0.6 is 11.8 Å². The summed E-state index contributed by atoms with van der Waals surface area (Å²) in [6.07, 6.45) is -4.79. The summed E-state index contributed by atoms with van der Waals surface area (Å²) < 4.78 is 47.3. The van der Waals surface area contributed by atoms with Crippen LogP contribution in [0.2, 0.25) is 0 Å². The molecular weight excluding hydrogens is 419 g/mol. The molecule has 29 heavy (non-hydrogen) atoms. The number of nitrogens with one attached hydrogen (secondary N) is 1. The zero-order valence-electron chi connectivity index (χ0n) is 14.9. The number of ether oxygens (including phenoxy) is 2. The molecule has 3 N–H and O–H groups in total. The van der Waals surface area contributed by atoms with Crippen LogP contribution in [0.3, 0.4) is 0 Å². The lowest BCUT2D eigenvalue weighted by Gasteiger charge is -2.09. The Morgan fingerprint density at radius 1 is 1.10 bits per heavy atom. The van der Waals surface area contributed by atoms with Crippen molar-refractivity contribution in [1.82, 2.24) is 14.9 Å². The molecule has 14 heteroatoms. The molecule has 0 spiro atoms. The van der Waals surface area contributed by atoms with E-state index < -0.39 is 29.8 Å². The Morgan fingerprint density at radius 3 is 2.10 bits per heavy atom. The number of esters is 2. The smallest absolute Gasteiger partial charge is 0.453 e. The van der Waals surface area contributed by atoms with Gasteiger partial charge in [-0.05, 0) is 18.2 Å². The van der Waals surface area contributed by atoms with Crippen molar-refractivity contribution in [2.24, 2.45) is 0 Å². The molecule has 0 saturated heterocycles. The van der Waals surface area contributed by atoms with Gasteiger partial charge in [-0.15, -0.1) is 10.2 Å². The van der Waals surface area contributed by atoms with Crippen molar-refractivity contribution < 1.29 is 37.0 Å². The second kappa shape index (κ2) is 8.81. The molecule has 156 valence electrons. The molecule has 0 bridgehead atoms. The van der Waals surface area contributed by atoms with Gasteiger partial charge in [0.25, 0.3) is 5.82 Å². The number of halogens is 3. The Labute approximate surface area is 165 Å². The summed E-state index contributed by atoms with van der Waals surface area (Å²) in [6.45, 7) is 0. The van der Waals surface area contributed by atoms with Crippen LogP contribution in [0.15, 0.2) is 23.4 Å². The molecule has 1 heterocycles. The predicted molar refractivity (Wildman–Crippen MR) is 93.6 cm³/mol. The second-order valence-corrected chi connectivity index (χ2v) is 6.24. The summed E-state index contributed by atoms with van der Waals surface area (Å²) in [5.74, 6) is 1.33. The minimum absolute atomic E-state index is 0.0186. The van der Waals surface area contributed by atoms with E-state index in [0.717, 1.165) is 14.2 Å². The van der Waals surface area contributed by atoms with Crippen molar-refractivity contribution in [3.63, 3.8) is 0 Å². The highest BCUT2D eigenvalue weighted by Crippen LogP contribution is 2.29. The fourth-order valence-electron chi connectivity index (χ4n) is 2.07. The van der Waals surface area contributed by atoms with E-state index in [2.05, 4.69) is 25.0 Å². The van der Waals surface area contributed by atoms with Crippen molar-refractivity contribution in [3.05, 3.63) is 35.2 Å². The van der Waals surface area contributed by atoms with Crippen LogP contribution in [0.4, 0.5) is 18.9 Å². The minimum Gasteiger partial charge on any atom is -0.465 e. The number of benzene rings is 1. The fourth-order valence-corrected chi connectivity index (χ4v) is 2.72. The topological polar surface area (TPSA) is 138 Å². The first kappa shape index (κ1) is 22.0. The Balaban J connectivity index is 2.13. The van der Waals surface area contributed by atoms with E-state index in [1.165, 1.54) is 18.2 Å². The Bertz CT molecular complexity index is 913. The molecule has 0 fully saturated rings. The number of aromatic nitrogens is 3. The number of carbonyl (C=O) groups excluding carboxylic acids is 3. The van der Waals surface area contributed by atoms with Crippen LogP contribution in [0.5, 0.6) is 0 Å². The number of rotatable bonds is 6. The van der Waals surface area contributed by atoms with Gasteiger partial charge in [0.2, 0.25) is 11.1 Å². The van der Waals surface area contributed by atoms with Gasteiger partial charge in [0.05, 0.1) is 31.1 Å². The lowest BCUT2D eigenvalue weighted by Crippen LogP contribution is -2.22. The molecule has 1 aromatic heterocycles. The van der Waals surface area contributed by atoms with Gasteiger partial charge in [-0.2, -0.15) is 13.2 Å². The van der Waals surface area contributed by atoms with Crippen molar-refractivity contribution in [2.75, 3.05) is 31.1 Å². The van der Waals surface area contributed by atoms with Gasteiger partial charge >= 0.3 is 18.1 Å². The van der Waals surface area contributed by atoms with E-state index >= 15 is 0 Å².